The molecule has 7 nitrogen and oxygen atoms in total. The molecule has 0 bridgehead atoms. The molecule has 3 aromatic rings. The number of carbonyl (C=O) groups excluding carboxylic acids is 1. The van der Waals surface area contributed by atoms with E-state index in [1.807, 2.05) is 24.3 Å². The molecule has 2 aromatic heterocycles. The number of amides is 2. The van der Waals surface area contributed by atoms with Gasteiger partial charge in [-0.15, -0.1) is 0 Å². The van der Waals surface area contributed by atoms with Crippen molar-refractivity contribution in [2.24, 2.45) is 0 Å². The van der Waals surface area contributed by atoms with E-state index < -0.39 is 6.04 Å². The van der Waals surface area contributed by atoms with Crippen LogP contribution in [-0.4, -0.2) is 35.7 Å². The van der Waals surface area contributed by atoms with Gasteiger partial charge in [-0.25, -0.2) is 9.78 Å². The van der Waals surface area contributed by atoms with Crippen LogP contribution < -0.4 is 14.5 Å². The molecule has 0 radical (unpaired) electrons. The zero-order chi connectivity index (χ0) is 18.1. The Morgan fingerprint density at radius 3 is 2.92 bits per heavy atom. The molecule has 0 aliphatic carbocycles. The van der Waals surface area contributed by atoms with E-state index in [4.69, 9.17) is 4.74 Å². The first-order valence-corrected chi connectivity index (χ1v) is 8.06. The van der Waals surface area contributed by atoms with E-state index in [2.05, 4.69) is 16.0 Å². The predicted molar refractivity (Wildman–Crippen MR) is 97.2 cm³/mol. The van der Waals surface area contributed by atoms with Crippen molar-refractivity contribution in [3.05, 3.63) is 55.0 Å². The van der Waals surface area contributed by atoms with Crippen LogP contribution in [0.5, 0.6) is 5.88 Å². The van der Waals surface area contributed by atoms with Crippen LogP contribution in [0.3, 0.4) is 0 Å². The summed E-state index contributed by atoms with van der Waals surface area (Å²) in [4.78, 5) is 24.5. The molecule has 1 aliphatic heterocycles. The van der Waals surface area contributed by atoms with E-state index >= 15 is 0 Å². The lowest BCUT2D eigenvalue weighted by atomic mass is 10.1. The molecule has 128 valence electrons. The maximum atomic E-state index is 13.1. The van der Waals surface area contributed by atoms with E-state index in [1.54, 1.807) is 35.6 Å². The Labute approximate surface area is 150 Å². The van der Waals surface area contributed by atoms with Crippen molar-refractivity contribution in [2.75, 3.05) is 23.5 Å². The summed E-state index contributed by atoms with van der Waals surface area (Å²) in [5.74, 6) is 0.411. The summed E-state index contributed by atoms with van der Waals surface area (Å²) >= 11 is 0. The zero-order valence-corrected chi connectivity index (χ0v) is 14.0. The topological polar surface area (TPSA) is 82.4 Å². The van der Waals surface area contributed by atoms with E-state index in [1.165, 1.54) is 12.0 Å². The minimum atomic E-state index is -0.616. The minimum absolute atomic E-state index is 0.256. The maximum Gasteiger partial charge on any atom is 0.330 e. The highest BCUT2D eigenvalue weighted by Gasteiger charge is 2.40. The van der Waals surface area contributed by atoms with Crippen molar-refractivity contribution >= 4 is 28.2 Å². The van der Waals surface area contributed by atoms with Gasteiger partial charge in [-0.3, -0.25) is 14.8 Å². The largest absolute Gasteiger partial charge is 0.481 e. The average Bonchev–Trinajstić information content (AvgIpc) is 3.03. The fraction of sp³-hybridized carbons (Fsp3) is 0.158. The smallest absolute Gasteiger partial charge is 0.330 e. The van der Waals surface area contributed by atoms with Gasteiger partial charge in [0.05, 0.1) is 37.3 Å². The highest BCUT2D eigenvalue weighted by atomic mass is 16.5. The van der Waals surface area contributed by atoms with E-state index in [-0.39, 0.29) is 12.6 Å². The van der Waals surface area contributed by atoms with E-state index in [0.29, 0.717) is 17.3 Å². The number of anilines is 2. The van der Waals surface area contributed by atoms with Crippen molar-refractivity contribution in [2.45, 2.75) is 6.04 Å². The number of aromatic nitrogens is 2. The molecule has 1 saturated heterocycles. The van der Waals surface area contributed by atoms with Gasteiger partial charge < -0.3 is 4.74 Å². The second-order valence-electron chi connectivity index (χ2n) is 5.84. The van der Waals surface area contributed by atoms with Crippen LogP contribution in [0.4, 0.5) is 16.2 Å². The van der Waals surface area contributed by atoms with Gasteiger partial charge in [-0.1, -0.05) is 24.3 Å². The molecule has 26 heavy (non-hydrogen) atoms. The van der Waals surface area contributed by atoms with Crippen molar-refractivity contribution in [3.8, 4) is 11.9 Å². The summed E-state index contributed by atoms with van der Waals surface area (Å²) in [5.41, 5.74) is 1.26. The normalized spacial score (nSPS) is 16.8. The molecule has 0 saturated carbocycles. The first-order chi connectivity index (χ1) is 12.7. The highest BCUT2D eigenvalue weighted by molar-refractivity contribution is 6.11. The van der Waals surface area contributed by atoms with Crippen LogP contribution in [0.1, 0.15) is 0 Å². The quantitative estimate of drug-likeness (QED) is 0.729. The Balaban J connectivity index is 1.79. The third kappa shape index (κ3) is 2.48. The number of nitrogens with zero attached hydrogens (tertiary/aromatic N) is 5. The third-order valence-electron chi connectivity index (χ3n) is 4.40. The summed E-state index contributed by atoms with van der Waals surface area (Å²) in [6.45, 7) is 0.256. The summed E-state index contributed by atoms with van der Waals surface area (Å²) in [7, 11) is 1.52. The summed E-state index contributed by atoms with van der Waals surface area (Å²) < 4.78 is 5.13. The number of methoxy groups -OCH3 is 1. The number of pyridine rings is 2. The number of urea groups is 1. The predicted octanol–water partition coefficient (Wildman–Crippen LogP) is 2.98. The van der Waals surface area contributed by atoms with Crippen molar-refractivity contribution in [1.29, 1.82) is 5.26 Å². The number of fused-ring (bicyclic) bond motifs is 1. The summed E-state index contributed by atoms with van der Waals surface area (Å²) in [6.07, 6.45) is 4.94. The molecule has 0 spiro atoms. The standard InChI is InChI=1S/C19H15N5O2/c1-26-18-8-14(6-7-22-18)23-12-15(9-20)24(19(23)25)17-11-21-10-13-4-2-3-5-16(13)17/h2-8,10-11,15H,12H2,1H3/t15-/m0/s1. The second-order valence-corrected chi connectivity index (χ2v) is 5.84. The lowest BCUT2D eigenvalue weighted by molar-refractivity contribution is 0.255. The average molecular weight is 345 g/mol. The molecule has 7 heteroatoms. The Morgan fingerprint density at radius 1 is 1.27 bits per heavy atom. The monoisotopic (exact) mass is 345 g/mol. The SMILES string of the molecule is COc1cc(N2C[C@H](C#N)N(c3cncc4ccccc34)C2=O)ccn1. The van der Waals surface area contributed by atoms with Gasteiger partial charge in [0.2, 0.25) is 5.88 Å². The van der Waals surface area contributed by atoms with Gasteiger partial charge in [0.25, 0.3) is 0 Å². The Kier molecular flexibility index (Phi) is 3.86. The first kappa shape index (κ1) is 15.8. The fourth-order valence-corrected chi connectivity index (χ4v) is 3.15. The first-order valence-electron chi connectivity index (χ1n) is 8.06. The molecular formula is C19H15N5O2. The number of carbonyl (C=O) groups is 1. The number of rotatable bonds is 3. The molecule has 1 fully saturated rings. The molecule has 3 heterocycles. The van der Waals surface area contributed by atoms with E-state index in [9.17, 15) is 10.1 Å². The Morgan fingerprint density at radius 2 is 2.12 bits per heavy atom. The molecule has 1 aromatic carbocycles. The van der Waals surface area contributed by atoms with Crippen LogP contribution in [-0.2, 0) is 0 Å². The lowest BCUT2D eigenvalue weighted by Gasteiger charge is -2.21. The van der Waals surface area contributed by atoms with Crippen molar-refractivity contribution < 1.29 is 9.53 Å². The summed E-state index contributed by atoms with van der Waals surface area (Å²) in [5, 5.41) is 11.4. The number of hydrogen-bond donors (Lipinski definition) is 0. The van der Waals surface area contributed by atoms with Gasteiger partial charge in [0.15, 0.2) is 0 Å². The molecule has 1 atom stereocenters. The van der Waals surface area contributed by atoms with Gasteiger partial charge in [-0.2, -0.15) is 5.26 Å². The van der Waals surface area contributed by atoms with Gasteiger partial charge in [-0.05, 0) is 6.07 Å². The van der Waals surface area contributed by atoms with Crippen molar-refractivity contribution in [1.82, 2.24) is 9.97 Å². The van der Waals surface area contributed by atoms with Gasteiger partial charge in [0.1, 0.15) is 6.04 Å². The molecule has 0 unspecified atom stereocenters. The van der Waals surface area contributed by atoms with Gasteiger partial charge in [0, 0.05) is 29.2 Å². The zero-order valence-electron chi connectivity index (χ0n) is 14.0. The molecule has 1 aliphatic rings. The minimum Gasteiger partial charge on any atom is -0.481 e. The van der Waals surface area contributed by atoms with Crippen LogP contribution in [0.15, 0.2) is 55.0 Å². The Bertz CT molecular complexity index is 1020. The second kappa shape index (κ2) is 6.33. The van der Waals surface area contributed by atoms with Crippen molar-refractivity contribution in [3.63, 3.8) is 0 Å². The third-order valence-corrected chi connectivity index (χ3v) is 4.40. The number of benzene rings is 1. The lowest BCUT2D eigenvalue weighted by Crippen LogP contribution is -2.34. The molecule has 0 N–H and O–H groups in total. The van der Waals surface area contributed by atoms with Crippen LogP contribution in [0.25, 0.3) is 10.8 Å². The number of hydrogen-bond acceptors (Lipinski definition) is 5. The molecular weight excluding hydrogens is 330 g/mol. The fourth-order valence-electron chi connectivity index (χ4n) is 3.15. The van der Waals surface area contributed by atoms with Crippen LogP contribution in [0.2, 0.25) is 0 Å². The van der Waals surface area contributed by atoms with Gasteiger partial charge >= 0.3 is 6.03 Å². The van der Waals surface area contributed by atoms with E-state index in [0.717, 1.165) is 10.8 Å². The number of ether oxygens (including phenoxy) is 1. The Hall–Kier alpha value is -3.66. The van der Waals surface area contributed by atoms with Crippen LogP contribution in [0, 0.1) is 11.3 Å². The summed E-state index contributed by atoms with van der Waals surface area (Å²) in [6, 6.07) is 12.4. The molecule has 4 rings (SSSR count). The van der Waals surface area contributed by atoms with Crippen LogP contribution >= 0.6 is 0 Å². The number of nitriles is 1. The molecule has 2 amide bonds. The maximum absolute atomic E-state index is 13.1. The highest BCUT2D eigenvalue weighted by Crippen LogP contribution is 2.33.